The highest BCUT2D eigenvalue weighted by Gasteiger charge is 2.17. The topological polar surface area (TPSA) is 83.1 Å². The molecule has 132 valence electrons. The quantitative estimate of drug-likeness (QED) is 0.762. The number of hydrogen-bond donors (Lipinski definition) is 3. The molecule has 0 aliphatic heterocycles. The van der Waals surface area contributed by atoms with Crippen molar-refractivity contribution in [2.24, 2.45) is 0 Å². The van der Waals surface area contributed by atoms with Crippen LogP contribution in [-0.2, 0) is 11.2 Å². The number of amides is 3. The molecule has 3 rings (SSSR count). The van der Waals surface area contributed by atoms with E-state index in [4.69, 9.17) is 0 Å². The van der Waals surface area contributed by atoms with E-state index < -0.39 is 0 Å². The second-order valence-electron chi connectivity index (χ2n) is 6.31. The molecule has 1 fully saturated rings. The summed E-state index contributed by atoms with van der Waals surface area (Å²) in [6.07, 6.45) is 4.59. The Bertz CT molecular complexity index is 736. The molecular formula is C18H22N4O2S. The third-order valence-corrected chi connectivity index (χ3v) is 4.95. The van der Waals surface area contributed by atoms with Gasteiger partial charge in [0.15, 0.2) is 5.13 Å². The Labute approximate surface area is 151 Å². The number of aromatic nitrogens is 1. The zero-order valence-corrected chi connectivity index (χ0v) is 15.0. The molecule has 0 saturated heterocycles. The van der Waals surface area contributed by atoms with Crippen LogP contribution in [-0.4, -0.2) is 23.0 Å². The van der Waals surface area contributed by atoms with Gasteiger partial charge in [-0.1, -0.05) is 30.5 Å². The summed E-state index contributed by atoms with van der Waals surface area (Å²) in [6.45, 7) is 2.00. The number of anilines is 2. The fourth-order valence-electron chi connectivity index (χ4n) is 2.84. The highest BCUT2D eigenvalue weighted by Crippen LogP contribution is 2.19. The van der Waals surface area contributed by atoms with Gasteiger partial charge < -0.3 is 10.6 Å². The predicted octanol–water partition coefficient (Wildman–Crippen LogP) is 3.70. The minimum absolute atomic E-state index is 0.129. The normalized spacial score (nSPS) is 14.3. The van der Waals surface area contributed by atoms with Crippen LogP contribution in [0, 0.1) is 6.92 Å². The lowest BCUT2D eigenvalue weighted by Crippen LogP contribution is -2.36. The van der Waals surface area contributed by atoms with Gasteiger partial charge in [0.1, 0.15) is 0 Å². The second kappa shape index (κ2) is 8.11. The van der Waals surface area contributed by atoms with Crippen molar-refractivity contribution in [3.8, 4) is 0 Å². The van der Waals surface area contributed by atoms with E-state index in [1.165, 1.54) is 24.2 Å². The van der Waals surface area contributed by atoms with Crippen LogP contribution < -0.4 is 16.0 Å². The second-order valence-corrected chi connectivity index (χ2v) is 7.17. The predicted molar refractivity (Wildman–Crippen MR) is 100 cm³/mol. The Hall–Kier alpha value is -2.41. The van der Waals surface area contributed by atoms with Crippen LogP contribution in [0.3, 0.4) is 0 Å². The Kier molecular flexibility index (Phi) is 5.65. The average Bonchev–Trinajstić information content (AvgIpc) is 3.22. The standard InChI is InChI=1S/C18H22N4O2S/c1-12-6-8-14(9-7-12)19-16(23)10-15-11-25-18(21-15)22-17(24)20-13-4-2-3-5-13/h6-9,11,13H,2-5,10H2,1H3,(H,19,23)(H2,20,21,22,24). The Morgan fingerprint density at radius 3 is 2.60 bits per heavy atom. The van der Waals surface area contributed by atoms with E-state index in [9.17, 15) is 9.59 Å². The molecule has 1 aliphatic carbocycles. The molecule has 0 radical (unpaired) electrons. The molecule has 0 bridgehead atoms. The smallest absolute Gasteiger partial charge is 0.321 e. The number of benzene rings is 1. The lowest BCUT2D eigenvalue weighted by Gasteiger charge is -2.11. The molecule has 1 aromatic heterocycles. The third kappa shape index (κ3) is 5.29. The van der Waals surface area contributed by atoms with Crippen molar-refractivity contribution in [2.45, 2.75) is 45.1 Å². The average molecular weight is 358 g/mol. The molecule has 2 aromatic rings. The van der Waals surface area contributed by atoms with Crippen LogP contribution in [0.2, 0.25) is 0 Å². The summed E-state index contributed by atoms with van der Waals surface area (Å²) in [6, 6.07) is 7.67. The van der Waals surface area contributed by atoms with Gasteiger partial charge >= 0.3 is 6.03 Å². The molecule has 7 heteroatoms. The highest BCUT2D eigenvalue weighted by molar-refractivity contribution is 7.13. The van der Waals surface area contributed by atoms with Crippen LogP contribution in [0.1, 0.15) is 36.9 Å². The highest BCUT2D eigenvalue weighted by atomic mass is 32.1. The minimum atomic E-state index is -0.225. The van der Waals surface area contributed by atoms with E-state index in [-0.39, 0.29) is 24.4 Å². The van der Waals surface area contributed by atoms with Crippen molar-refractivity contribution in [3.05, 3.63) is 40.9 Å². The molecule has 0 unspecified atom stereocenters. The number of aryl methyl sites for hydroxylation is 1. The summed E-state index contributed by atoms with van der Waals surface area (Å²) in [7, 11) is 0. The summed E-state index contributed by atoms with van der Waals surface area (Å²) >= 11 is 1.32. The van der Waals surface area contributed by atoms with Gasteiger partial charge in [-0.25, -0.2) is 9.78 Å². The molecular weight excluding hydrogens is 336 g/mol. The van der Waals surface area contributed by atoms with Crippen molar-refractivity contribution in [2.75, 3.05) is 10.6 Å². The van der Waals surface area contributed by atoms with Gasteiger partial charge in [0.05, 0.1) is 12.1 Å². The first kappa shape index (κ1) is 17.4. The number of carbonyl (C=O) groups is 2. The number of thiazole rings is 1. The maximum Gasteiger partial charge on any atom is 0.321 e. The van der Waals surface area contributed by atoms with E-state index in [2.05, 4.69) is 20.9 Å². The van der Waals surface area contributed by atoms with Crippen LogP contribution >= 0.6 is 11.3 Å². The van der Waals surface area contributed by atoms with E-state index in [1.807, 2.05) is 31.2 Å². The third-order valence-electron chi connectivity index (χ3n) is 4.14. The number of urea groups is 1. The van der Waals surface area contributed by atoms with E-state index in [1.54, 1.807) is 5.38 Å². The van der Waals surface area contributed by atoms with E-state index in [0.717, 1.165) is 24.1 Å². The molecule has 3 N–H and O–H groups in total. The van der Waals surface area contributed by atoms with Gasteiger partial charge in [-0.3, -0.25) is 10.1 Å². The first-order valence-electron chi connectivity index (χ1n) is 8.47. The Balaban J connectivity index is 1.48. The van der Waals surface area contributed by atoms with Crippen molar-refractivity contribution in [1.29, 1.82) is 0 Å². The summed E-state index contributed by atoms with van der Waals surface area (Å²) in [4.78, 5) is 28.3. The van der Waals surface area contributed by atoms with Gasteiger partial charge in [0.25, 0.3) is 0 Å². The molecule has 1 aliphatic rings. The van der Waals surface area contributed by atoms with Gasteiger partial charge in [-0.05, 0) is 31.9 Å². The maximum atomic E-state index is 12.1. The van der Waals surface area contributed by atoms with Gasteiger partial charge in [0, 0.05) is 17.1 Å². The number of nitrogens with one attached hydrogen (secondary N) is 3. The lowest BCUT2D eigenvalue weighted by molar-refractivity contribution is -0.115. The molecule has 1 heterocycles. The van der Waals surface area contributed by atoms with Crippen LogP contribution in [0.25, 0.3) is 0 Å². The summed E-state index contributed by atoms with van der Waals surface area (Å²) in [5, 5.41) is 10.8. The molecule has 3 amide bonds. The Morgan fingerprint density at radius 2 is 1.88 bits per heavy atom. The lowest BCUT2D eigenvalue weighted by atomic mass is 10.2. The van der Waals surface area contributed by atoms with Crippen molar-refractivity contribution >= 4 is 34.1 Å². The van der Waals surface area contributed by atoms with Gasteiger partial charge in [-0.15, -0.1) is 11.3 Å². The maximum absolute atomic E-state index is 12.1. The first-order valence-corrected chi connectivity index (χ1v) is 9.35. The summed E-state index contributed by atoms with van der Waals surface area (Å²) in [5.74, 6) is -0.129. The fraction of sp³-hybridized carbons (Fsp3) is 0.389. The van der Waals surface area contributed by atoms with E-state index >= 15 is 0 Å². The number of nitrogens with zero attached hydrogens (tertiary/aromatic N) is 1. The zero-order chi connectivity index (χ0) is 17.6. The van der Waals surface area contributed by atoms with Gasteiger partial charge in [0.2, 0.25) is 5.91 Å². The monoisotopic (exact) mass is 358 g/mol. The number of carbonyl (C=O) groups excluding carboxylic acids is 2. The molecule has 6 nitrogen and oxygen atoms in total. The summed E-state index contributed by atoms with van der Waals surface area (Å²) in [5.41, 5.74) is 2.55. The fourth-order valence-corrected chi connectivity index (χ4v) is 3.55. The van der Waals surface area contributed by atoms with Crippen molar-refractivity contribution < 1.29 is 9.59 Å². The molecule has 0 atom stereocenters. The van der Waals surface area contributed by atoms with Gasteiger partial charge in [-0.2, -0.15) is 0 Å². The zero-order valence-electron chi connectivity index (χ0n) is 14.2. The largest absolute Gasteiger partial charge is 0.335 e. The van der Waals surface area contributed by atoms with Crippen LogP contribution in [0.5, 0.6) is 0 Å². The van der Waals surface area contributed by atoms with Crippen molar-refractivity contribution in [1.82, 2.24) is 10.3 Å². The molecule has 1 saturated carbocycles. The number of hydrogen-bond acceptors (Lipinski definition) is 4. The number of rotatable bonds is 5. The summed E-state index contributed by atoms with van der Waals surface area (Å²) < 4.78 is 0. The molecule has 1 aromatic carbocycles. The SMILES string of the molecule is Cc1ccc(NC(=O)Cc2csc(NC(=O)NC3CCCC3)n2)cc1. The van der Waals surface area contributed by atoms with E-state index in [0.29, 0.717) is 10.8 Å². The molecule has 0 spiro atoms. The molecule has 25 heavy (non-hydrogen) atoms. The Morgan fingerprint density at radius 1 is 1.16 bits per heavy atom. The minimum Gasteiger partial charge on any atom is -0.335 e. The van der Waals surface area contributed by atoms with Crippen LogP contribution in [0.4, 0.5) is 15.6 Å². The van der Waals surface area contributed by atoms with Crippen molar-refractivity contribution in [3.63, 3.8) is 0 Å². The van der Waals surface area contributed by atoms with Crippen LogP contribution in [0.15, 0.2) is 29.6 Å². The first-order chi connectivity index (χ1) is 12.1.